The molecule has 21 heavy (non-hydrogen) atoms. The summed E-state index contributed by atoms with van der Waals surface area (Å²) in [6.45, 7) is 6.07. The summed E-state index contributed by atoms with van der Waals surface area (Å²) < 4.78 is 4.94. The Balaban J connectivity index is 2.73. The first kappa shape index (κ1) is 18.2. The molecule has 0 bridgehead atoms. The quantitative estimate of drug-likeness (QED) is 0.735. The first-order chi connectivity index (χ1) is 9.99. The van der Waals surface area contributed by atoms with Crippen LogP contribution in [0.4, 0.5) is 5.69 Å². The van der Waals surface area contributed by atoms with Gasteiger partial charge in [0.2, 0.25) is 0 Å². The van der Waals surface area contributed by atoms with Crippen LogP contribution in [0, 0.1) is 0 Å². The van der Waals surface area contributed by atoms with E-state index in [2.05, 4.69) is 25.2 Å². The van der Waals surface area contributed by atoms with Crippen molar-refractivity contribution in [3.63, 3.8) is 0 Å². The summed E-state index contributed by atoms with van der Waals surface area (Å²) in [7, 11) is 3.49. The van der Waals surface area contributed by atoms with Gasteiger partial charge >= 0.3 is 0 Å². The molecule has 2 unspecified atom stereocenters. The summed E-state index contributed by atoms with van der Waals surface area (Å²) in [6, 6.07) is 6.35. The lowest BCUT2D eigenvalue weighted by Crippen LogP contribution is -2.32. The van der Waals surface area contributed by atoms with Crippen LogP contribution in [-0.2, 0) is 4.74 Å². The van der Waals surface area contributed by atoms with E-state index in [1.165, 1.54) is 5.56 Å². The smallest absolute Gasteiger partial charge is 0.0947 e. The number of benzene rings is 1. The SMILES string of the molecule is CCCNC(C)c1ccc(N(C)CC(O)COC)c(Cl)c1. The van der Waals surface area contributed by atoms with Gasteiger partial charge in [-0.3, -0.25) is 0 Å². The third-order valence-corrected chi connectivity index (χ3v) is 3.73. The fourth-order valence-corrected chi connectivity index (χ4v) is 2.57. The molecule has 120 valence electrons. The Bertz CT molecular complexity index is 429. The molecule has 1 rings (SSSR count). The second-order valence-corrected chi connectivity index (χ2v) is 5.78. The van der Waals surface area contributed by atoms with Crippen molar-refractivity contribution in [3.8, 4) is 0 Å². The van der Waals surface area contributed by atoms with E-state index in [1.807, 2.05) is 24.1 Å². The van der Waals surface area contributed by atoms with Crippen LogP contribution in [0.5, 0.6) is 0 Å². The van der Waals surface area contributed by atoms with Gasteiger partial charge in [0.05, 0.1) is 23.4 Å². The number of ether oxygens (including phenoxy) is 1. The molecule has 2 N–H and O–H groups in total. The van der Waals surface area contributed by atoms with Gasteiger partial charge in [-0.2, -0.15) is 0 Å². The van der Waals surface area contributed by atoms with Crippen LogP contribution >= 0.6 is 11.6 Å². The zero-order chi connectivity index (χ0) is 15.8. The number of aliphatic hydroxyl groups is 1. The molecule has 0 amide bonds. The normalized spacial score (nSPS) is 14.0. The van der Waals surface area contributed by atoms with Crippen molar-refractivity contribution >= 4 is 17.3 Å². The van der Waals surface area contributed by atoms with Gasteiger partial charge in [0.25, 0.3) is 0 Å². The number of nitrogens with one attached hydrogen (secondary N) is 1. The molecule has 0 aliphatic carbocycles. The molecule has 0 heterocycles. The van der Waals surface area contributed by atoms with Crippen molar-refractivity contribution in [2.24, 2.45) is 0 Å². The van der Waals surface area contributed by atoms with E-state index in [0.717, 1.165) is 18.7 Å². The van der Waals surface area contributed by atoms with Crippen LogP contribution in [0.3, 0.4) is 0 Å². The molecule has 2 atom stereocenters. The van der Waals surface area contributed by atoms with Crippen molar-refractivity contribution in [3.05, 3.63) is 28.8 Å². The fraction of sp³-hybridized carbons (Fsp3) is 0.625. The molecule has 0 spiro atoms. The largest absolute Gasteiger partial charge is 0.389 e. The minimum absolute atomic E-state index is 0.279. The highest BCUT2D eigenvalue weighted by Crippen LogP contribution is 2.28. The maximum atomic E-state index is 9.79. The van der Waals surface area contributed by atoms with Crippen molar-refractivity contribution in [2.75, 3.05) is 38.8 Å². The third-order valence-electron chi connectivity index (χ3n) is 3.43. The number of hydrogen-bond donors (Lipinski definition) is 2. The summed E-state index contributed by atoms with van der Waals surface area (Å²) >= 11 is 6.38. The number of anilines is 1. The average molecular weight is 315 g/mol. The van der Waals surface area contributed by atoms with E-state index < -0.39 is 6.10 Å². The highest BCUT2D eigenvalue weighted by atomic mass is 35.5. The lowest BCUT2D eigenvalue weighted by Gasteiger charge is -2.24. The molecule has 0 fully saturated rings. The molecule has 0 aliphatic heterocycles. The van der Waals surface area contributed by atoms with E-state index in [4.69, 9.17) is 16.3 Å². The third kappa shape index (κ3) is 5.83. The molecule has 0 radical (unpaired) electrons. The van der Waals surface area contributed by atoms with Crippen molar-refractivity contribution < 1.29 is 9.84 Å². The highest BCUT2D eigenvalue weighted by molar-refractivity contribution is 6.33. The molecule has 0 saturated heterocycles. The predicted octanol–water partition coefficient (Wildman–Crippen LogP) is 2.84. The zero-order valence-corrected chi connectivity index (χ0v) is 14.2. The van der Waals surface area contributed by atoms with Gasteiger partial charge in [0, 0.05) is 26.7 Å². The van der Waals surface area contributed by atoms with Gasteiger partial charge in [-0.25, -0.2) is 0 Å². The van der Waals surface area contributed by atoms with Crippen LogP contribution < -0.4 is 10.2 Å². The second kappa shape index (κ2) is 9.26. The predicted molar refractivity (Wildman–Crippen MR) is 89.3 cm³/mol. The Morgan fingerprint density at radius 1 is 1.43 bits per heavy atom. The average Bonchev–Trinajstić information content (AvgIpc) is 2.44. The molecular weight excluding hydrogens is 288 g/mol. The topological polar surface area (TPSA) is 44.7 Å². The molecular formula is C16H27ClN2O2. The molecule has 1 aromatic carbocycles. The standard InChI is InChI=1S/C16H27ClN2O2/c1-5-8-18-12(2)13-6-7-16(15(17)9-13)19(3)10-14(20)11-21-4/h6-7,9,12,14,18,20H,5,8,10-11H2,1-4H3. The Morgan fingerprint density at radius 2 is 2.14 bits per heavy atom. The molecule has 0 aromatic heterocycles. The Kier molecular flexibility index (Phi) is 8.04. The van der Waals surface area contributed by atoms with Crippen LogP contribution in [0.1, 0.15) is 31.9 Å². The monoisotopic (exact) mass is 314 g/mol. The maximum absolute atomic E-state index is 9.79. The highest BCUT2D eigenvalue weighted by Gasteiger charge is 2.13. The van der Waals surface area contributed by atoms with E-state index >= 15 is 0 Å². The number of halogens is 1. The lowest BCUT2D eigenvalue weighted by molar-refractivity contribution is 0.0695. The minimum Gasteiger partial charge on any atom is -0.389 e. The maximum Gasteiger partial charge on any atom is 0.0947 e. The van der Waals surface area contributed by atoms with E-state index in [0.29, 0.717) is 18.2 Å². The minimum atomic E-state index is -0.527. The van der Waals surface area contributed by atoms with Crippen LogP contribution in [0.25, 0.3) is 0 Å². The summed E-state index contributed by atoms with van der Waals surface area (Å²) in [5, 5.41) is 13.9. The number of likely N-dealkylation sites (N-methyl/N-ethyl adjacent to an activating group) is 1. The van der Waals surface area contributed by atoms with Crippen LogP contribution in [-0.4, -0.2) is 45.1 Å². The van der Waals surface area contributed by atoms with Gasteiger partial charge in [-0.05, 0) is 37.6 Å². The molecule has 1 aromatic rings. The molecule has 0 saturated carbocycles. The first-order valence-corrected chi connectivity index (χ1v) is 7.78. The zero-order valence-electron chi connectivity index (χ0n) is 13.4. The Morgan fingerprint density at radius 3 is 2.71 bits per heavy atom. The van der Waals surface area contributed by atoms with Crippen molar-refractivity contribution in [1.29, 1.82) is 0 Å². The second-order valence-electron chi connectivity index (χ2n) is 5.38. The van der Waals surface area contributed by atoms with Gasteiger partial charge in [-0.15, -0.1) is 0 Å². The number of rotatable bonds is 9. The number of nitrogens with zero attached hydrogens (tertiary/aromatic N) is 1. The van der Waals surface area contributed by atoms with Crippen LogP contribution in [0.15, 0.2) is 18.2 Å². The molecule has 5 heteroatoms. The summed E-state index contributed by atoms with van der Waals surface area (Å²) in [4.78, 5) is 1.94. The van der Waals surface area contributed by atoms with Crippen molar-refractivity contribution in [2.45, 2.75) is 32.4 Å². The lowest BCUT2D eigenvalue weighted by atomic mass is 10.1. The molecule has 4 nitrogen and oxygen atoms in total. The first-order valence-electron chi connectivity index (χ1n) is 7.40. The van der Waals surface area contributed by atoms with Crippen molar-refractivity contribution in [1.82, 2.24) is 5.32 Å². The van der Waals surface area contributed by atoms with E-state index in [9.17, 15) is 5.11 Å². The Hall–Kier alpha value is -0.810. The summed E-state index contributed by atoms with van der Waals surface area (Å²) in [5.41, 5.74) is 2.08. The van der Waals surface area contributed by atoms with E-state index in [-0.39, 0.29) is 6.04 Å². The van der Waals surface area contributed by atoms with Crippen LogP contribution in [0.2, 0.25) is 5.02 Å². The summed E-state index contributed by atoms with van der Waals surface area (Å²) in [6.07, 6.45) is 0.580. The number of aliphatic hydroxyl groups excluding tert-OH is 1. The van der Waals surface area contributed by atoms with E-state index in [1.54, 1.807) is 7.11 Å². The fourth-order valence-electron chi connectivity index (χ4n) is 2.24. The number of hydrogen-bond acceptors (Lipinski definition) is 4. The van der Waals surface area contributed by atoms with Gasteiger partial charge in [0.1, 0.15) is 0 Å². The molecule has 0 aliphatic rings. The summed E-state index contributed by atoms with van der Waals surface area (Å²) in [5.74, 6) is 0. The van der Waals surface area contributed by atoms with Gasteiger partial charge in [0.15, 0.2) is 0 Å². The van der Waals surface area contributed by atoms with Gasteiger partial charge in [-0.1, -0.05) is 24.6 Å². The Labute approximate surface area is 133 Å². The van der Waals surface area contributed by atoms with Gasteiger partial charge < -0.3 is 20.1 Å². The number of methoxy groups -OCH3 is 1.